The molecule has 0 bridgehead atoms. The van der Waals surface area contributed by atoms with Crippen LogP contribution < -0.4 is 17.1 Å². The van der Waals surface area contributed by atoms with Crippen molar-refractivity contribution in [1.29, 1.82) is 0 Å². The Hall–Kier alpha value is -2.58. The maximum Gasteiger partial charge on any atom is 0.348 e. The second kappa shape index (κ2) is 4.59. The van der Waals surface area contributed by atoms with Gasteiger partial charge in [0.15, 0.2) is 6.04 Å². The standard InChI is InChI=1S/C10H12N4O5/c11-7(15)3-5-12-9(18)13-4-1-2-6(8(16)17)14(13)10(12)19/h1-2,6H,3-5H2,(H2,11,15)(H,16,17). The molecule has 2 heterocycles. The predicted molar refractivity (Wildman–Crippen MR) is 62.6 cm³/mol. The van der Waals surface area contributed by atoms with E-state index in [1.54, 1.807) is 0 Å². The van der Waals surface area contributed by atoms with Crippen LogP contribution in [-0.2, 0) is 22.7 Å². The maximum atomic E-state index is 12.0. The van der Waals surface area contributed by atoms with Gasteiger partial charge in [-0.15, -0.1) is 0 Å². The lowest BCUT2D eigenvalue weighted by Crippen LogP contribution is -2.36. The number of nitrogens with zero attached hydrogens (tertiary/aromatic N) is 3. The van der Waals surface area contributed by atoms with Gasteiger partial charge in [0.25, 0.3) is 0 Å². The van der Waals surface area contributed by atoms with Gasteiger partial charge in [-0.05, 0) is 0 Å². The number of amides is 1. The van der Waals surface area contributed by atoms with Crippen molar-refractivity contribution in [3.63, 3.8) is 0 Å². The first-order chi connectivity index (χ1) is 8.93. The van der Waals surface area contributed by atoms with Gasteiger partial charge >= 0.3 is 17.3 Å². The highest BCUT2D eigenvalue weighted by molar-refractivity contribution is 5.74. The number of carbonyl (C=O) groups is 2. The Morgan fingerprint density at radius 1 is 1.37 bits per heavy atom. The summed E-state index contributed by atoms with van der Waals surface area (Å²) >= 11 is 0. The topological polar surface area (TPSA) is 129 Å². The van der Waals surface area contributed by atoms with Crippen LogP contribution in [0, 0.1) is 0 Å². The molecule has 0 radical (unpaired) electrons. The fourth-order valence-electron chi connectivity index (χ4n) is 1.95. The van der Waals surface area contributed by atoms with E-state index < -0.39 is 29.3 Å². The van der Waals surface area contributed by atoms with Crippen LogP contribution in [0.3, 0.4) is 0 Å². The summed E-state index contributed by atoms with van der Waals surface area (Å²) in [6.07, 6.45) is 2.67. The van der Waals surface area contributed by atoms with Gasteiger partial charge in [0.1, 0.15) is 0 Å². The highest BCUT2D eigenvalue weighted by Crippen LogP contribution is 2.09. The molecule has 2 rings (SSSR count). The van der Waals surface area contributed by atoms with Crippen LogP contribution >= 0.6 is 0 Å². The molecule has 0 aromatic carbocycles. The Bertz CT molecular complexity index is 677. The van der Waals surface area contributed by atoms with Crippen molar-refractivity contribution in [3.8, 4) is 0 Å². The van der Waals surface area contributed by atoms with Crippen LogP contribution in [0.15, 0.2) is 21.7 Å². The molecule has 0 aliphatic carbocycles. The molecular formula is C10H12N4O5. The minimum Gasteiger partial charge on any atom is -0.479 e. The van der Waals surface area contributed by atoms with E-state index in [0.29, 0.717) is 0 Å². The number of fused-ring (bicyclic) bond motifs is 1. The van der Waals surface area contributed by atoms with Crippen molar-refractivity contribution < 1.29 is 14.7 Å². The number of carboxylic acid groups (broad SMARTS) is 1. The van der Waals surface area contributed by atoms with Crippen LogP contribution in [0.2, 0.25) is 0 Å². The molecule has 9 nitrogen and oxygen atoms in total. The molecule has 0 saturated carbocycles. The third-order valence-electron chi connectivity index (χ3n) is 2.83. The minimum absolute atomic E-state index is 0.113. The molecule has 1 amide bonds. The van der Waals surface area contributed by atoms with Gasteiger partial charge in [0.2, 0.25) is 5.91 Å². The average Bonchev–Trinajstić information content (AvgIpc) is 2.59. The fraction of sp³-hybridized carbons (Fsp3) is 0.400. The number of carboxylic acids is 1. The third-order valence-corrected chi connectivity index (χ3v) is 2.83. The van der Waals surface area contributed by atoms with E-state index in [9.17, 15) is 19.2 Å². The number of hydrogen-bond donors (Lipinski definition) is 2. The van der Waals surface area contributed by atoms with E-state index in [1.165, 1.54) is 12.2 Å². The number of nitrogens with two attached hydrogens (primary N) is 1. The molecule has 0 fully saturated rings. The van der Waals surface area contributed by atoms with E-state index in [0.717, 1.165) is 13.9 Å². The van der Waals surface area contributed by atoms with Crippen LogP contribution in [0.4, 0.5) is 0 Å². The maximum absolute atomic E-state index is 12.0. The number of primary amides is 1. The van der Waals surface area contributed by atoms with Crippen molar-refractivity contribution in [3.05, 3.63) is 33.1 Å². The Labute approximate surface area is 106 Å². The van der Waals surface area contributed by atoms with Gasteiger partial charge in [-0.1, -0.05) is 12.2 Å². The largest absolute Gasteiger partial charge is 0.479 e. The predicted octanol–water partition coefficient (Wildman–Crippen LogP) is -2.12. The SMILES string of the molecule is NC(=O)CCn1c(=O)n2n(c1=O)C(C(=O)O)C=CC2. The summed E-state index contributed by atoms with van der Waals surface area (Å²) < 4.78 is 2.71. The highest BCUT2D eigenvalue weighted by atomic mass is 16.4. The lowest BCUT2D eigenvalue weighted by atomic mass is 10.2. The molecule has 1 aromatic rings. The molecule has 1 aromatic heterocycles. The molecule has 3 N–H and O–H groups in total. The summed E-state index contributed by atoms with van der Waals surface area (Å²) in [4.78, 5) is 45.7. The molecule has 9 heteroatoms. The first-order valence-electron chi connectivity index (χ1n) is 5.53. The summed E-state index contributed by atoms with van der Waals surface area (Å²) in [5.41, 5.74) is 3.55. The monoisotopic (exact) mass is 268 g/mol. The van der Waals surface area contributed by atoms with Crippen LogP contribution in [0.5, 0.6) is 0 Å². The van der Waals surface area contributed by atoms with Gasteiger partial charge < -0.3 is 10.8 Å². The molecule has 1 atom stereocenters. The Morgan fingerprint density at radius 2 is 2.05 bits per heavy atom. The molecule has 102 valence electrons. The zero-order chi connectivity index (χ0) is 14.2. The molecule has 1 aliphatic heterocycles. The number of aromatic nitrogens is 3. The quantitative estimate of drug-likeness (QED) is 0.603. The lowest BCUT2D eigenvalue weighted by Gasteiger charge is -2.16. The normalized spacial score (nSPS) is 17.2. The van der Waals surface area contributed by atoms with Crippen LogP contribution in [0.25, 0.3) is 0 Å². The lowest BCUT2D eigenvalue weighted by molar-refractivity contribution is -0.140. The number of aliphatic carboxylic acids is 1. The van der Waals surface area contributed by atoms with Gasteiger partial charge in [-0.3, -0.25) is 4.79 Å². The molecule has 19 heavy (non-hydrogen) atoms. The first-order valence-corrected chi connectivity index (χ1v) is 5.53. The van der Waals surface area contributed by atoms with Crippen molar-refractivity contribution in [2.75, 3.05) is 0 Å². The van der Waals surface area contributed by atoms with Gasteiger partial charge in [-0.25, -0.2) is 28.3 Å². The van der Waals surface area contributed by atoms with Gasteiger partial charge in [-0.2, -0.15) is 0 Å². The summed E-state index contributed by atoms with van der Waals surface area (Å²) in [5, 5.41) is 9.02. The van der Waals surface area contributed by atoms with E-state index in [4.69, 9.17) is 10.8 Å². The van der Waals surface area contributed by atoms with Crippen molar-refractivity contribution in [1.82, 2.24) is 13.9 Å². The Balaban J connectivity index is 2.52. The summed E-state index contributed by atoms with van der Waals surface area (Å²) in [6.45, 7) is -0.0479. The molecule has 1 aliphatic rings. The van der Waals surface area contributed by atoms with Crippen LogP contribution in [-0.4, -0.2) is 30.9 Å². The number of allylic oxidation sites excluding steroid dienone is 1. The Kier molecular flexibility index (Phi) is 3.11. The average molecular weight is 268 g/mol. The van der Waals surface area contributed by atoms with E-state index >= 15 is 0 Å². The van der Waals surface area contributed by atoms with Crippen molar-refractivity contribution in [2.24, 2.45) is 5.73 Å². The van der Waals surface area contributed by atoms with Crippen molar-refractivity contribution >= 4 is 11.9 Å². The van der Waals surface area contributed by atoms with Gasteiger partial charge in [0, 0.05) is 13.0 Å². The zero-order valence-electron chi connectivity index (χ0n) is 9.85. The number of hydrogen-bond acceptors (Lipinski definition) is 4. The molecule has 0 saturated heterocycles. The molecule has 0 spiro atoms. The zero-order valence-corrected chi connectivity index (χ0v) is 9.85. The third kappa shape index (κ3) is 2.09. The van der Waals surface area contributed by atoms with Crippen molar-refractivity contribution in [2.45, 2.75) is 25.6 Å². The first kappa shape index (κ1) is 12.9. The smallest absolute Gasteiger partial charge is 0.348 e. The highest BCUT2D eigenvalue weighted by Gasteiger charge is 2.27. The molecule has 1 unspecified atom stereocenters. The second-order valence-corrected chi connectivity index (χ2v) is 4.07. The second-order valence-electron chi connectivity index (χ2n) is 4.07. The minimum atomic E-state index is -1.24. The summed E-state index contributed by atoms with van der Waals surface area (Å²) in [5.74, 6) is -1.88. The Morgan fingerprint density at radius 3 is 2.63 bits per heavy atom. The van der Waals surface area contributed by atoms with E-state index in [2.05, 4.69) is 0 Å². The van der Waals surface area contributed by atoms with Crippen LogP contribution in [0.1, 0.15) is 12.5 Å². The summed E-state index contributed by atoms with van der Waals surface area (Å²) in [6, 6.07) is -1.22. The van der Waals surface area contributed by atoms with E-state index in [-0.39, 0.29) is 19.5 Å². The number of rotatable bonds is 4. The van der Waals surface area contributed by atoms with Gasteiger partial charge in [0.05, 0.1) is 6.54 Å². The fourth-order valence-corrected chi connectivity index (χ4v) is 1.95. The number of carbonyl (C=O) groups excluding carboxylic acids is 1. The summed E-state index contributed by atoms with van der Waals surface area (Å²) in [7, 11) is 0. The molecular weight excluding hydrogens is 256 g/mol. The van der Waals surface area contributed by atoms with E-state index in [1.807, 2.05) is 0 Å².